The molecule has 2 nitrogen and oxygen atoms in total. The zero-order valence-corrected chi connectivity index (χ0v) is 25.4. The molecule has 192 valence electrons. The van der Waals surface area contributed by atoms with E-state index in [-0.39, 0.29) is 0 Å². The number of rotatable bonds is 8. The summed E-state index contributed by atoms with van der Waals surface area (Å²) in [5, 5.41) is 14.7. The number of thiophene rings is 6. The van der Waals surface area contributed by atoms with Gasteiger partial charge in [-0.05, 0) is 84.3 Å². The highest BCUT2D eigenvalue weighted by Gasteiger charge is 2.26. The molecule has 6 heterocycles. The summed E-state index contributed by atoms with van der Waals surface area (Å²) in [6, 6.07) is 27.7. The fourth-order valence-corrected chi connectivity index (χ4v) is 10.8. The Bertz CT molecular complexity index is 1480. The van der Waals surface area contributed by atoms with Gasteiger partial charge in [0, 0.05) is 51.1 Å². The van der Waals surface area contributed by atoms with Crippen LogP contribution in [0.2, 0.25) is 0 Å². The van der Waals surface area contributed by atoms with Gasteiger partial charge in [-0.25, -0.2) is 0 Å². The lowest BCUT2D eigenvalue weighted by Gasteiger charge is -2.33. The van der Waals surface area contributed by atoms with Crippen molar-refractivity contribution >= 4 is 78.0 Å². The number of nitrogens with one attached hydrogen (secondary N) is 2. The van der Waals surface area contributed by atoms with E-state index in [0.29, 0.717) is 12.1 Å². The highest BCUT2D eigenvalue weighted by molar-refractivity contribution is 7.28. The molecule has 38 heavy (non-hydrogen) atoms. The van der Waals surface area contributed by atoms with Gasteiger partial charge in [0.05, 0.1) is 10.0 Å². The molecule has 0 aliphatic heterocycles. The van der Waals surface area contributed by atoms with Crippen LogP contribution < -0.4 is 10.6 Å². The first kappa shape index (κ1) is 24.8. The minimum atomic E-state index is 0.443. The monoisotopic (exact) mass is 606 g/mol. The molecule has 1 aliphatic rings. The molecule has 8 heteroatoms. The van der Waals surface area contributed by atoms with Gasteiger partial charge in [-0.2, -0.15) is 0 Å². The van der Waals surface area contributed by atoms with Gasteiger partial charge < -0.3 is 10.6 Å². The van der Waals surface area contributed by atoms with Crippen molar-refractivity contribution in [2.24, 2.45) is 0 Å². The molecule has 0 bridgehead atoms. The van der Waals surface area contributed by atoms with Crippen LogP contribution in [0.15, 0.2) is 83.6 Å². The topological polar surface area (TPSA) is 24.1 Å². The Kier molecular flexibility index (Phi) is 7.26. The van der Waals surface area contributed by atoms with Crippen molar-refractivity contribution < 1.29 is 0 Å². The lowest BCUT2D eigenvalue weighted by atomic mass is 9.90. The van der Waals surface area contributed by atoms with Gasteiger partial charge in [0.25, 0.3) is 0 Å². The van der Waals surface area contributed by atoms with Crippen molar-refractivity contribution in [1.82, 2.24) is 0 Å². The van der Waals surface area contributed by atoms with Crippen molar-refractivity contribution in [2.45, 2.75) is 37.8 Å². The summed E-state index contributed by atoms with van der Waals surface area (Å²) in [6.45, 7) is 0. The zero-order chi connectivity index (χ0) is 25.3. The molecule has 6 aromatic rings. The zero-order valence-electron chi connectivity index (χ0n) is 20.5. The van der Waals surface area contributed by atoms with Gasteiger partial charge >= 0.3 is 0 Å². The second kappa shape index (κ2) is 11.1. The quantitative estimate of drug-likeness (QED) is 0.180. The lowest BCUT2D eigenvalue weighted by Crippen LogP contribution is -2.41. The summed E-state index contributed by atoms with van der Waals surface area (Å²) in [5.41, 5.74) is 0. The van der Waals surface area contributed by atoms with Gasteiger partial charge in [-0.3, -0.25) is 0 Å². The fraction of sp³-hybridized carbons (Fsp3) is 0.200. The maximum Gasteiger partial charge on any atom is 0.0892 e. The first-order valence-corrected chi connectivity index (χ1v) is 17.8. The average Bonchev–Trinajstić information content (AvgIpc) is 3.78. The normalized spacial score (nSPS) is 17.6. The van der Waals surface area contributed by atoms with E-state index in [2.05, 4.69) is 94.2 Å². The third-order valence-electron chi connectivity index (χ3n) is 6.86. The van der Waals surface area contributed by atoms with E-state index >= 15 is 0 Å². The fourth-order valence-electron chi connectivity index (χ4n) is 4.98. The standard InChI is InChI=1S/C30H26N2S6/c1-2-6-20(32-30-16-14-28(38-30)26-12-10-24(36-26)22-8-4-18-34-22)19(5-1)31-29-15-13-27(37-29)25-11-9-23(35-25)21-7-3-17-33-21/h3-4,7-20,31-32H,1-2,5-6H2/t19-,20-/m1/s1. The van der Waals surface area contributed by atoms with Crippen molar-refractivity contribution in [3.63, 3.8) is 0 Å². The Morgan fingerprint density at radius 1 is 0.447 bits per heavy atom. The van der Waals surface area contributed by atoms with Crippen LogP contribution in [0.25, 0.3) is 39.0 Å². The summed E-state index contributed by atoms with van der Waals surface area (Å²) in [7, 11) is 0. The number of anilines is 2. The van der Waals surface area contributed by atoms with E-state index in [0.717, 1.165) is 0 Å². The molecule has 2 N–H and O–H groups in total. The molecule has 0 radical (unpaired) electrons. The van der Waals surface area contributed by atoms with Crippen molar-refractivity contribution in [3.05, 3.63) is 83.6 Å². The Morgan fingerprint density at radius 2 is 0.842 bits per heavy atom. The lowest BCUT2D eigenvalue weighted by molar-refractivity contribution is 0.425. The van der Waals surface area contributed by atoms with Gasteiger partial charge in [0.1, 0.15) is 0 Å². The average molecular weight is 607 g/mol. The second-order valence-electron chi connectivity index (χ2n) is 9.40. The Labute approximate surface area is 247 Å². The highest BCUT2D eigenvalue weighted by Crippen LogP contribution is 2.42. The van der Waals surface area contributed by atoms with E-state index in [1.54, 1.807) is 0 Å². The van der Waals surface area contributed by atoms with Gasteiger partial charge in [0.15, 0.2) is 0 Å². The molecule has 1 saturated carbocycles. The van der Waals surface area contributed by atoms with Crippen LogP contribution in [-0.2, 0) is 0 Å². The van der Waals surface area contributed by atoms with E-state index in [9.17, 15) is 0 Å². The first-order chi connectivity index (χ1) is 18.8. The number of hydrogen-bond acceptors (Lipinski definition) is 8. The van der Waals surface area contributed by atoms with E-state index < -0.39 is 0 Å². The Hall–Kier alpha value is -2.20. The number of hydrogen-bond donors (Lipinski definition) is 2. The molecular weight excluding hydrogens is 581 g/mol. The van der Waals surface area contributed by atoms with Crippen molar-refractivity contribution in [2.75, 3.05) is 10.6 Å². The maximum atomic E-state index is 3.90. The highest BCUT2D eigenvalue weighted by atomic mass is 32.1. The second-order valence-corrected chi connectivity index (χ2v) is 15.6. The summed E-state index contributed by atoms with van der Waals surface area (Å²) >= 11 is 11.2. The minimum Gasteiger partial charge on any atom is -0.372 e. The summed E-state index contributed by atoms with van der Waals surface area (Å²) in [4.78, 5) is 10.8. The van der Waals surface area contributed by atoms with Gasteiger partial charge in [-0.1, -0.05) is 25.0 Å². The third kappa shape index (κ3) is 5.30. The molecule has 0 spiro atoms. The molecule has 1 fully saturated rings. The van der Waals surface area contributed by atoms with Crippen LogP contribution in [0.3, 0.4) is 0 Å². The molecule has 7 rings (SSSR count). The Balaban J connectivity index is 1.02. The molecule has 6 aromatic heterocycles. The third-order valence-corrected chi connectivity index (χ3v) is 13.6. The van der Waals surface area contributed by atoms with Gasteiger partial charge in [-0.15, -0.1) is 68.0 Å². The van der Waals surface area contributed by atoms with Gasteiger partial charge in [0.2, 0.25) is 0 Å². The molecule has 2 atom stereocenters. The van der Waals surface area contributed by atoms with Crippen LogP contribution in [0.4, 0.5) is 10.0 Å². The van der Waals surface area contributed by atoms with E-state index in [1.807, 2.05) is 68.0 Å². The molecular formula is C30H26N2S6. The molecule has 0 aromatic carbocycles. The first-order valence-electron chi connectivity index (χ1n) is 12.8. The molecule has 1 aliphatic carbocycles. The molecule has 0 saturated heterocycles. The van der Waals surface area contributed by atoms with Crippen molar-refractivity contribution in [1.29, 1.82) is 0 Å². The predicted molar refractivity (Wildman–Crippen MR) is 175 cm³/mol. The van der Waals surface area contributed by atoms with Crippen LogP contribution in [0.1, 0.15) is 25.7 Å². The van der Waals surface area contributed by atoms with Crippen LogP contribution in [0.5, 0.6) is 0 Å². The van der Waals surface area contributed by atoms with E-state index in [1.165, 1.54) is 74.7 Å². The van der Waals surface area contributed by atoms with Crippen LogP contribution in [-0.4, -0.2) is 12.1 Å². The SMILES string of the molecule is c1csc(-c2ccc(-c3ccc(N[C@@H]4CCCC[C@H]4Nc4ccc(-c5ccc(-c6cccs6)s5)s4)s3)s2)c1. The van der Waals surface area contributed by atoms with E-state index in [4.69, 9.17) is 0 Å². The minimum absolute atomic E-state index is 0.443. The molecule has 0 unspecified atom stereocenters. The van der Waals surface area contributed by atoms with Crippen LogP contribution >= 0.6 is 68.0 Å². The van der Waals surface area contributed by atoms with Crippen molar-refractivity contribution in [3.8, 4) is 39.0 Å². The predicted octanol–water partition coefficient (Wildman–Crippen LogP) is 11.6. The van der Waals surface area contributed by atoms with Crippen LogP contribution in [0, 0.1) is 0 Å². The maximum absolute atomic E-state index is 3.90. The largest absolute Gasteiger partial charge is 0.372 e. The summed E-state index contributed by atoms with van der Waals surface area (Å²) in [5.74, 6) is 0. The summed E-state index contributed by atoms with van der Waals surface area (Å²) < 4.78 is 0. The molecule has 0 amide bonds. The summed E-state index contributed by atoms with van der Waals surface area (Å²) in [6.07, 6.45) is 5.00. The Morgan fingerprint density at radius 3 is 1.26 bits per heavy atom. The smallest absolute Gasteiger partial charge is 0.0892 e.